The average Bonchev–Trinajstić information content (AvgIpc) is 3.66. The first-order chi connectivity index (χ1) is 21.5. The number of ether oxygens (including phenoxy) is 2. The molecule has 3 unspecified atom stereocenters. The highest BCUT2D eigenvalue weighted by molar-refractivity contribution is 8.03. The van der Waals surface area contributed by atoms with Gasteiger partial charge in [0, 0.05) is 26.0 Å². The lowest BCUT2D eigenvalue weighted by molar-refractivity contribution is 0.0153. The van der Waals surface area contributed by atoms with Crippen molar-refractivity contribution < 1.29 is 22.1 Å². The smallest absolute Gasteiger partial charge is 0.299 e. The zero-order valence-electron chi connectivity index (χ0n) is 27.8. The van der Waals surface area contributed by atoms with E-state index in [1.54, 1.807) is 24.3 Å². The highest BCUT2D eigenvalue weighted by Gasteiger charge is 2.28. The average molecular weight is 652 g/mol. The van der Waals surface area contributed by atoms with Gasteiger partial charge in [-0.05, 0) is 56.1 Å². The summed E-state index contributed by atoms with van der Waals surface area (Å²) in [6, 6.07) is 6.78. The van der Waals surface area contributed by atoms with E-state index < -0.39 is 15.7 Å². The first kappa shape index (κ1) is 37.4. The van der Waals surface area contributed by atoms with Gasteiger partial charge in [0.25, 0.3) is 10.1 Å². The number of unbranched alkanes of at least 4 members (excludes halogenated alkanes) is 15. The lowest BCUT2D eigenvalue weighted by Gasteiger charge is -2.24. The fourth-order valence-electron chi connectivity index (χ4n) is 6.07. The Labute approximate surface area is 274 Å². The molecule has 3 atom stereocenters. The Kier molecular flexibility index (Phi) is 19.1. The standard InChI is InChI=1S/C36H61NO5S2/c1-3-4-5-6-7-8-9-10-11-12-14-17-20-33-29-34(41-30-33)31-40-27-19-16-13-15-18-25-37-26-28-43-36(37)42-44(38,39)35-23-21-32(2)22-24-35/h21-24,26,28,33-34,36H,3-20,25,27,29-31H2,1-2H3. The van der Waals surface area contributed by atoms with Crippen LogP contribution in [0.5, 0.6) is 0 Å². The number of rotatable bonds is 26. The quantitative estimate of drug-likeness (QED) is 0.0730. The van der Waals surface area contributed by atoms with Crippen LogP contribution in [0.25, 0.3) is 0 Å². The number of nitrogens with zero attached hydrogens (tertiary/aromatic N) is 1. The Morgan fingerprint density at radius 1 is 0.841 bits per heavy atom. The van der Waals surface area contributed by atoms with Gasteiger partial charge in [0.1, 0.15) is 0 Å². The molecular formula is C36H61NO5S2. The molecule has 0 amide bonds. The van der Waals surface area contributed by atoms with Crippen LogP contribution in [-0.2, 0) is 23.8 Å². The van der Waals surface area contributed by atoms with Crippen LogP contribution in [-0.4, -0.2) is 51.3 Å². The summed E-state index contributed by atoms with van der Waals surface area (Å²) in [5.74, 6) is 0.725. The van der Waals surface area contributed by atoms with Gasteiger partial charge in [-0.1, -0.05) is 133 Å². The molecule has 252 valence electrons. The van der Waals surface area contributed by atoms with Crippen molar-refractivity contribution in [1.82, 2.24) is 4.90 Å². The lowest BCUT2D eigenvalue weighted by Crippen LogP contribution is -2.30. The van der Waals surface area contributed by atoms with Crippen LogP contribution in [0.15, 0.2) is 40.8 Å². The molecule has 0 radical (unpaired) electrons. The first-order valence-electron chi connectivity index (χ1n) is 17.7. The van der Waals surface area contributed by atoms with Crippen LogP contribution in [0, 0.1) is 12.8 Å². The predicted octanol–water partition coefficient (Wildman–Crippen LogP) is 9.97. The summed E-state index contributed by atoms with van der Waals surface area (Å²) < 4.78 is 42.8. The number of benzene rings is 1. The Bertz CT molecular complexity index is 1000. The highest BCUT2D eigenvalue weighted by Crippen LogP contribution is 2.30. The minimum Gasteiger partial charge on any atom is -0.379 e. The van der Waals surface area contributed by atoms with Crippen molar-refractivity contribution >= 4 is 21.9 Å². The van der Waals surface area contributed by atoms with E-state index in [0.717, 1.165) is 76.4 Å². The predicted molar refractivity (Wildman–Crippen MR) is 184 cm³/mol. The normalized spacial score (nSPS) is 20.2. The van der Waals surface area contributed by atoms with Gasteiger partial charge in [-0.2, -0.15) is 8.42 Å². The largest absolute Gasteiger partial charge is 0.379 e. The van der Waals surface area contributed by atoms with Crippen LogP contribution in [0.4, 0.5) is 0 Å². The minimum atomic E-state index is -3.79. The van der Waals surface area contributed by atoms with Crippen molar-refractivity contribution in [3.63, 3.8) is 0 Å². The summed E-state index contributed by atoms with van der Waals surface area (Å²) in [6.07, 6.45) is 27.1. The van der Waals surface area contributed by atoms with Crippen LogP contribution < -0.4 is 0 Å². The molecule has 2 aliphatic rings. The molecule has 8 heteroatoms. The molecule has 1 saturated heterocycles. The second-order valence-electron chi connectivity index (χ2n) is 12.9. The second kappa shape index (κ2) is 22.5. The maximum atomic E-state index is 12.7. The maximum absolute atomic E-state index is 12.7. The Balaban J connectivity index is 1.10. The van der Waals surface area contributed by atoms with Crippen LogP contribution >= 0.6 is 11.8 Å². The van der Waals surface area contributed by atoms with Crippen molar-refractivity contribution in [2.75, 3.05) is 26.4 Å². The molecule has 1 aromatic rings. The number of hydrogen-bond donors (Lipinski definition) is 0. The molecule has 0 bridgehead atoms. The van der Waals surface area contributed by atoms with E-state index >= 15 is 0 Å². The molecule has 44 heavy (non-hydrogen) atoms. The molecule has 0 aliphatic carbocycles. The van der Waals surface area contributed by atoms with Crippen LogP contribution in [0.2, 0.25) is 0 Å². The van der Waals surface area contributed by atoms with Gasteiger partial charge in [0.15, 0.2) is 0 Å². The SMILES string of the molecule is CCCCCCCCCCCCCCC1COC(COCCCCCCCN2C=CSC2OS(=O)(=O)c2ccc(C)cc2)C1. The summed E-state index contributed by atoms with van der Waals surface area (Å²) in [7, 11) is -3.79. The van der Waals surface area contributed by atoms with Gasteiger partial charge in [-0.3, -0.25) is 0 Å². The fourth-order valence-corrected chi connectivity index (χ4v) is 8.16. The molecule has 0 aromatic heterocycles. The molecular weight excluding hydrogens is 591 g/mol. The van der Waals surface area contributed by atoms with E-state index in [1.807, 2.05) is 23.4 Å². The van der Waals surface area contributed by atoms with Gasteiger partial charge in [0.2, 0.25) is 5.56 Å². The van der Waals surface area contributed by atoms with E-state index in [-0.39, 0.29) is 11.0 Å². The Morgan fingerprint density at radius 2 is 1.45 bits per heavy atom. The van der Waals surface area contributed by atoms with Crippen molar-refractivity contribution in [3.05, 3.63) is 41.4 Å². The van der Waals surface area contributed by atoms with E-state index in [1.165, 1.54) is 95.2 Å². The van der Waals surface area contributed by atoms with Crippen LogP contribution in [0.3, 0.4) is 0 Å². The Morgan fingerprint density at radius 3 is 2.14 bits per heavy atom. The summed E-state index contributed by atoms with van der Waals surface area (Å²) >= 11 is 1.39. The van der Waals surface area contributed by atoms with Gasteiger partial charge in [0.05, 0.1) is 17.6 Å². The molecule has 2 aliphatic heterocycles. The number of thioether (sulfide) groups is 1. The van der Waals surface area contributed by atoms with Gasteiger partial charge in [-0.25, -0.2) is 4.18 Å². The first-order valence-corrected chi connectivity index (χ1v) is 20.1. The highest BCUT2D eigenvalue weighted by atomic mass is 32.2. The third-order valence-electron chi connectivity index (χ3n) is 8.88. The molecule has 0 N–H and O–H groups in total. The summed E-state index contributed by atoms with van der Waals surface area (Å²) in [6.45, 7) is 7.47. The topological polar surface area (TPSA) is 65.1 Å². The molecule has 0 saturated carbocycles. The molecule has 6 nitrogen and oxygen atoms in total. The zero-order valence-corrected chi connectivity index (χ0v) is 29.4. The van der Waals surface area contributed by atoms with Gasteiger partial charge < -0.3 is 14.4 Å². The molecule has 0 spiro atoms. The van der Waals surface area contributed by atoms with Crippen molar-refractivity contribution in [1.29, 1.82) is 0 Å². The monoisotopic (exact) mass is 651 g/mol. The van der Waals surface area contributed by atoms with Crippen molar-refractivity contribution in [2.24, 2.45) is 5.92 Å². The third-order valence-corrected chi connectivity index (χ3v) is 11.2. The summed E-state index contributed by atoms with van der Waals surface area (Å²) in [4.78, 5) is 2.18. The number of hydrogen-bond acceptors (Lipinski definition) is 7. The molecule has 2 heterocycles. The summed E-state index contributed by atoms with van der Waals surface area (Å²) in [5.41, 5.74) is 0.488. The fraction of sp³-hybridized carbons (Fsp3) is 0.778. The zero-order chi connectivity index (χ0) is 31.3. The Hall–Kier alpha value is -1.06. The van der Waals surface area contributed by atoms with Gasteiger partial charge in [-0.15, -0.1) is 0 Å². The third kappa shape index (κ3) is 15.5. The molecule has 1 aromatic carbocycles. The second-order valence-corrected chi connectivity index (χ2v) is 15.4. The van der Waals surface area contributed by atoms with Crippen molar-refractivity contribution in [2.45, 2.75) is 152 Å². The summed E-state index contributed by atoms with van der Waals surface area (Å²) in [5, 5.41) is 1.91. The maximum Gasteiger partial charge on any atom is 0.299 e. The van der Waals surface area contributed by atoms with E-state index in [0.29, 0.717) is 0 Å². The number of aryl methyl sites for hydroxylation is 1. The molecule has 1 fully saturated rings. The van der Waals surface area contributed by atoms with Crippen molar-refractivity contribution in [3.8, 4) is 0 Å². The van der Waals surface area contributed by atoms with Crippen LogP contribution in [0.1, 0.15) is 134 Å². The van der Waals surface area contributed by atoms with Gasteiger partial charge >= 0.3 is 0 Å². The van der Waals surface area contributed by atoms with E-state index in [2.05, 4.69) is 6.92 Å². The molecule has 3 rings (SSSR count). The minimum absolute atomic E-state index is 0.201. The van der Waals surface area contributed by atoms with E-state index in [9.17, 15) is 8.42 Å². The lowest BCUT2D eigenvalue weighted by atomic mass is 9.97. The van der Waals surface area contributed by atoms with E-state index in [4.69, 9.17) is 13.7 Å².